The van der Waals surface area contributed by atoms with Crippen molar-refractivity contribution in [3.8, 4) is 0 Å². The summed E-state index contributed by atoms with van der Waals surface area (Å²) in [5.41, 5.74) is 1.62. The molecule has 1 fully saturated rings. The van der Waals surface area contributed by atoms with Crippen molar-refractivity contribution in [3.63, 3.8) is 0 Å². The molecule has 8 heteroatoms. The van der Waals surface area contributed by atoms with Gasteiger partial charge >= 0.3 is 0 Å². The third-order valence-electron chi connectivity index (χ3n) is 5.89. The van der Waals surface area contributed by atoms with E-state index in [-0.39, 0.29) is 23.8 Å². The van der Waals surface area contributed by atoms with Crippen LogP contribution < -0.4 is 0 Å². The number of aryl methyl sites for hydroxylation is 1. The molecule has 1 aliphatic carbocycles. The van der Waals surface area contributed by atoms with Crippen molar-refractivity contribution in [2.45, 2.75) is 50.5 Å². The van der Waals surface area contributed by atoms with E-state index in [2.05, 4.69) is 15.4 Å². The molecule has 2 aromatic heterocycles. The van der Waals surface area contributed by atoms with E-state index in [1.54, 1.807) is 18.0 Å². The van der Waals surface area contributed by atoms with Crippen LogP contribution in [0.4, 0.5) is 0 Å². The maximum absolute atomic E-state index is 12.5. The highest BCUT2D eigenvalue weighted by molar-refractivity contribution is 6.30. The van der Waals surface area contributed by atoms with Gasteiger partial charge in [-0.05, 0) is 37.5 Å². The van der Waals surface area contributed by atoms with E-state index in [1.165, 1.54) is 6.26 Å². The van der Waals surface area contributed by atoms with Crippen LogP contribution in [0.5, 0.6) is 0 Å². The van der Waals surface area contributed by atoms with Crippen molar-refractivity contribution < 1.29 is 13.7 Å². The molecule has 4 rings (SSSR count). The second-order valence-electron chi connectivity index (χ2n) is 7.55. The smallest absolute Gasteiger partial charge is 0.227 e. The highest BCUT2D eigenvalue weighted by atomic mass is 35.5. The topological polar surface area (TPSA) is 85.3 Å². The monoisotopic (exact) mass is 414 g/mol. The number of benzene rings is 1. The normalized spacial score (nSPS) is 16.2. The average Bonchev–Trinajstić information content (AvgIpc) is 3.38. The maximum atomic E-state index is 12.5. The summed E-state index contributed by atoms with van der Waals surface area (Å²) in [6.07, 6.45) is 5.23. The number of rotatable bonds is 7. The minimum atomic E-state index is -0.238. The van der Waals surface area contributed by atoms with Gasteiger partial charge in [0.25, 0.3) is 0 Å². The summed E-state index contributed by atoms with van der Waals surface area (Å²) in [6.45, 7) is 1.91. The van der Waals surface area contributed by atoms with E-state index in [0.717, 1.165) is 30.5 Å². The first-order valence-electron chi connectivity index (χ1n) is 9.74. The Hall–Kier alpha value is -2.67. The first kappa shape index (κ1) is 19.6. The van der Waals surface area contributed by atoms with Crippen LogP contribution in [0.15, 0.2) is 45.5 Å². The summed E-state index contributed by atoms with van der Waals surface area (Å²) < 4.78 is 10.8. The van der Waals surface area contributed by atoms with Crippen molar-refractivity contribution in [2.75, 3.05) is 7.05 Å². The fraction of sp³-hybridized carbons (Fsp3) is 0.429. The Kier molecular flexibility index (Phi) is 5.41. The van der Waals surface area contributed by atoms with E-state index >= 15 is 0 Å². The molecule has 7 nitrogen and oxygen atoms in total. The minimum absolute atomic E-state index is 0.0173. The summed E-state index contributed by atoms with van der Waals surface area (Å²) in [7, 11) is 1.75. The standard InChI is InChI=1S/C21H23ClN4O3/c1-14(17-10-13-28-25-17)26(2)19(27)9-8-18-23-24-20(29-18)21(11-3-12-21)15-4-6-16(22)7-5-15/h4-7,10,13-14H,3,8-9,11-12H2,1-2H3. The fourth-order valence-corrected chi connectivity index (χ4v) is 3.84. The van der Waals surface area contributed by atoms with E-state index in [1.807, 2.05) is 31.2 Å². The summed E-state index contributed by atoms with van der Waals surface area (Å²) in [5.74, 6) is 1.09. The Morgan fingerprint density at radius 2 is 2.00 bits per heavy atom. The number of hydrogen-bond acceptors (Lipinski definition) is 6. The number of halogens is 1. The molecule has 1 aromatic carbocycles. The molecule has 1 amide bonds. The zero-order chi connectivity index (χ0) is 20.4. The third-order valence-corrected chi connectivity index (χ3v) is 6.15. The highest BCUT2D eigenvalue weighted by Crippen LogP contribution is 2.48. The number of hydrogen-bond donors (Lipinski definition) is 0. The summed E-state index contributed by atoms with van der Waals surface area (Å²) >= 11 is 6.03. The zero-order valence-electron chi connectivity index (χ0n) is 16.5. The van der Waals surface area contributed by atoms with E-state index in [9.17, 15) is 4.79 Å². The van der Waals surface area contributed by atoms with Crippen LogP contribution in [0.1, 0.15) is 61.7 Å². The van der Waals surface area contributed by atoms with Crippen LogP contribution in [-0.4, -0.2) is 33.2 Å². The van der Waals surface area contributed by atoms with Gasteiger partial charge in [0.05, 0.1) is 11.5 Å². The molecule has 152 valence electrons. The molecular formula is C21H23ClN4O3. The average molecular weight is 415 g/mol. The number of amides is 1. The Balaban J connectivity index is 1.41. The van der Waals surface area contributed by atoms with Crippen molar-refractivity contribution in [1.29, 1.82) is 0 Å². The third kappa shape index (κ3) is 3.79. The molecule has 0 spiro atoms. The molecule has 0 saturated heterocycles. The van der Waals surface area contributed by atoms with Crippen molar-refractivity contribution >= 4 is 17.5 Å². The maximum Gasteiger partial charge on any atom is 0.227 e. The lowest BCUT2D eigenvalue weighted by atomic mass is 9.64. The number of aromatic nitrogens is 3. The minimum Gasteiger partial charge on any atom is -0.424 e. The Morgan fingerprint density at radius 3 is 2.62 bits per heavy atom. The van der Waals surface area contributed by atoms with E-state index in [4.69, 9.17) is 20.5 Å². The van der Waals surface area contributed by atoms with Gasteiger partial charge in [-0.25, -0.2) is 0 Å². The highest BCUT2D eigenvalue weighted by Gasteiger charge is 2.45. The zero-order valence-corrected chi connectivity index (χ0v) is 17.2. The van der Waals surface area contributed by atoms with Crippen molar-refractivity contribution in [3.05, 3.63) is 64.7 Å². The lowest BCUT2D eigenvalue weighted by molar-refractivity contribution is -0.131. The lowest BCUT2D eigenvalue weighted by Crippen LogP contribution is -2.35. The quantitative estimate of drug-likeness (QED) is 0.571. The lowest BCUT2D eigenvalue weighted by Gasteiger charge is -2.39. The van der Waals surface area contributed by atoms with Gasteiger partial charge in [0.15, 0.2) is 0 Å². The van der Waals surface area contributed by atoms with Crippen LogP contribution in [-0.2, 0) is 16.6 Å². The predicted molar refractivity (Wildman–Crippen MR) is 106 cm³/mol. The van der Waals surface area contributed by atoms with Crippen molar-refractivity contribution in [1.82, 2.24) is 20.3 Å². The number of nitrogens with zero attached hydrogens (tertiary/aromatic N) is 4. The molecule has 1 aliphatic rings. The van der Waals surface area contributed by atoms with Crippen LogP contribution in [0.25, 0.3) is 0 Å². The van der Waals surface area contributed by atoms with Gasteiger partial charge in [0.1, 0.15) is 12.0 Å². The molecule has 0 N–H and O–H groups in total. The van der Waals surface area contributed by atoms with E-state index < -0.39 is 0 Å². The molecule has 1 atom stereocenters. The van der Waals surface area contributed by atoms with Gasteiger partial charge in [-0.3, -0.25) is 4.79 Å². The number of carbonyl (C=O) groups is 1. The first-order chi connectivity index (χ1) is 14.0. The molecule has 0 radical (unpaired) electrons. The van der Waals surface area contributed by atoms with Crippen LogP contribution >= 0.6 is 11.6 Å². The van der Waals surface area contributed by atoms with Crippen LogP contribution in [0.3, 0.4) is 0 Å². The molecule has 3 aromatic rings. The van der Waals surface area contributed by atoms with Gasteiger partial charge in [-0.15, -0.1) is 10.2 Å². The predicted octanol–water partition coefficient (Wildman–Crippen LogP) is 4.33. The van der Waals surface area contributed by atoms with Gasteiger partial charge in [-0.2, -0.15) is 0 Å². The fourth-order valence-electron chi connectivity index (χ4n) is 3.72. The molecule has 2 heterocycles. The van der Waals surface area contributed by atoms with Gasteiger partial charge in [0.2, 0.25) is 17.7 Å². The summed E-state index contributed by atoms with van der Waals surface area (Å²) in [4.78, 5) is 14.2. The SMILES string of the molecule is CC(c1ccon1)N(C)C(=O)CCc1nnc(C2(c3ccc(Cl)cc3)CCC2)o1. The van der Waals surface area contributed by atoms with Gasteiger partial charge < -0.3 is 13.8 Å². The van der Waals surface area contributed by atoms with Crippen LogP contribution in [0, 0.1) is 0 Å². The van der Waals surface area contributed by atoms with E-state index in [0.29, 0.717) is 23.2 Å². The Morgan fingerprint density at radius 1 is 1.24 bits per heavy atom. The molecule has 29 heavy (non-hydrogen) atoms. The summed E-state index contributed by atoms with van der Waals surface area (Å²) in [6, 6.07) is 9.41. The molecule has 1 unspecified atom stereocenters. The summed E-state index contributed by atoms with van der Waals surface area (Å²) in [5, 5.41) is 13.1. The van der Waals surface area contributed by atoms with Crippen molar-refractivity contribution in [2.24, 2.45) is 0 Å². The number of carbonyl (C=O) groups excluding carboxylic acids is 1. The second kappa shape index (κ2) is 7.99. The Labute approximate surface area is 174 Å². The second-order valence-corrected chi connectivity index (χ2v) is 7.98. The molecule has 0 aliphatic heterocycles. The largest absolute Gasteiger partial charge is 0.424 e. The van der Waals surface area contributed by atoms with Crippen LogP contribution in [0.2, 0.25) is 5.02 Å². The van der Waals surface area contributed by atoms with Gasteiger partial charge in [-0.1, -0.05) is 35.3 Å². The molecule has 1 saturated carbocycles. The first-order valence-corrected chi connectivity index (χ1v) is 10.1. The molecular weight excluding hydrogens is 392 g/mol. The Bertz CT molecular complexity index is 964. The van der Waals surface area contributed by atoms with Gasteiger partial charge in [0, 0.05) is 31.0 Å². The molecule has 0 bridgehead atoms.